The largest absolute Gasteiger partial charge is 0.491 e. The third-order valence-corrected chi connectivity index (χ3v) is 3.38. The Bertz CT molecular complexity index is 525. The van der Waals surface area contributed by atoms with E-state index in [1.807, 2.05) is 37.3 Å². The van der Waals surface area contributed by atoms with Crippen LogP contribution in [0.15, 0.2) is 47.1 Å². The molecular weight excluding hydrogens is 266 g/mol. The molecule has 21 heavy (non-hydrogen) atoms. The number of benzene rings is 1. The van der Waals surface area contributed by atoms with Gasteiger partial charge in [0.25, 0.3) is 0 Å². The molecule has 1 aromatic carbocycles. The first-order valence-electron chi connectivity index (χ1n) is 7.35. The third-order valence-electron chi connectivity index (χ3n) is 3.38. The van der Waals surface area contributed by atoms with Gasteiger partial charge in [-0.25, -0.2) is 0 Å². The van der Waals surface area contributed by atoms with Gasteiger partial charge in [-0.15, -0.1) is 0 Å². The molecule has 1 heterocycles. The van der Waals surface area contributed by atoms with Crippen molar-refractivity contribution in [3.63, 3.8) is 0 Å². The van der Waals surface area contributed by atoms with Crippen LogP contribution in [0, 0.1) is 0 Å². The predicted octanol–water partition coefficient (Wildman–Crippen LogP) is 2.93. The normalized spacial score (nSPS) is 13.9. The van der Waals surface area contributed by atoms with Crippen LogP contribution in [-0.4, -0.2) is 24.4 Å². The number of nitrogens with one attached hydrogen (secondary N) is 1. The quantitative estimate of drug-likeness (QED) is 0.784. The van der Waals surface area contributed by atoms with E-state index in [-0.39, 0.29) is 12.6 Å². The van der Waals surface area contributed by atoms with Crippen LogP contribution >= 0.6 is 0 Å². The van der Waals surface area contributed by atoms with Crippen molar-refractivity contribution in [1.29, 1.82) is 0 Å². The fraction of sp³-hybridized carbons (Fsp3) is 0.412. The number of rotatable bonds is 8. The number of aryl methyl sites for hydroxylation is 1. The average molecular weight is 289 g/mol. The molecule has 2 atom stereocenters. The van der Waals surface area contributed by atoms with Crippen molar-refractivity contribution in [2.75, 3.05) is 13.2 Å². The molecule has 2 rings (SSSR count). The maximum Gasteiger partial charge on any atom is 0.120 e. The maximum absolute atomic E-state index is 9.97. The minimum atomic E-state index is -0.562. The van der Waals surface area contributed by atoms with Crippen LogP contribution in [0.25, 0.3) is 0 Å². The Hall–Kier alpha value is -1.78. The Morgan fingerprint density at radius 3 is 2.86 bits per heavy atom. The van der Waals surface area contributed by atoms with Crippen molar-refractivity contribution in [1.82, 2.24) is 5.32 Å². The first-order valence-corrected chi connectivity index (χ1v) is 7.35. The molecular formula is C17H23NO3. The van der Waals surface area contributed by atoms with Crippen LogP contribution in [0.4, 0.5) is 0 Å². The monoisotopic (exact) mass is 289 g/mol. The number of furan rings is 1. The molecule has 114 valence electrons. The highest BCUT2D eigenvalue weighted by molar-refractivity contribution is 5.28. The van der Waals surface area contributed by atoms with E-state index in [0.717, 1.165) is 17.9 Å². The zero-order chi connectivity index (χ0) is 15.1. The molecule has 0 aliphatic rings. The second kappa shape index (κ2) is 7.86. The Morgan fingerprint density at radius 1 is 1.29 bits per heavy atom. The predicted molar refractivity (Wildman–Crippen MR) is 82.4 cm³/mol. The van der Waals surface area contributed by atoms with Crippen molar-refractivity contribution in [3.8, 4) is 5.75 Å². The van der Waals surface area contributed by atoms with Gasteiger partial charge in [-0.1, -0.05) is 19.1 Å². The summed E-state index contributed by atoms with van der Waals surface area (Å²) in [6, 6.07) is 11.8. The first-order chi connectivity index (χ1) is 10.2. The van der Waals surface area contributed by atoms with Crippen LogP contribution in [-0.2, 0) is 6.42 Å². The first kappa shape index (κ1) is 15.6. The third kappa shape index (κ3) is 4.92. The Balaban J connectivity index is 1.73. The lowest BCUT2D eigenvalue weighted by Gasteiger charge is -2.16. The van der Waals surface area contributed by atoms with Gasteiger partial charge in [-0.05, 0) is 43.2 Å². The maximum atomic E-state index is 9.97. The molecule has 2 unspecified atom stereocenters. The molecule has 0 fully saturated rings. The fourth-order valence-corrected chi connectivity index (χ4v) is 2.06. The Kier molecular flexibility index (Phi) is 5.84. The van der Waals surface area contributed by atoms with Crippen molar-refractivity contribution >= 4 is 0 Å². The van der Waals surface area contributed by atoms with Crippen molar-refractivity contribution < 1.29 is 14.3 Å². The molecule has 4 nitrogen and oxygen atoms in total. The molecule has 0 amide bonds. The number of hydrogen-bond acceptors (Lipinski definition) is 4. The van der Waals surface area contributed by atoms with Gasteiger partial charge in [0, 0.05) is 6.54 Å². The van der Waals surface area contributed by atoms with Crippen molar-refractivity contribution in [3.05, 3.63) is 54.0 Å². The molecule has 4 heteroatoms. The van der Waals surface area contributed by atoms with E-state index in [1.165, 1.54) is 5.56 Å². The van der Waals surface area contributed by atoms with E-state index in [9.17, 15) is 5.11 Å². The lowest BCUT2D eigenvalue weighted by atomic mass is 10.2. The minimum absolute atomic E-state index is 0.0677. The van der Waals surface area contributed by atoms with Gasteiger partial charge in [0.15, 0.2) is 0 Å². The van der Waals surface area contributed by atoms with Crippen LogP contribution in [0.2, 0.25) is 0 Å². The van der Waals surface area contributed by atoms with Gasteiger partial charge < -0.3 is 19.6 Å². The summed E-state index contributed by atoms with van der Waals surface area (Å²) in [4.78, 5) is 0. The molecule has 0 spiro atoms. The second-order valence-corrected chi connectivity index (χ2v) is 5.11. The van der Waals surface area contributed by atoms with Gasteiger partial charge in [-0.2, -0.15) is 0 Å². The van der Waals surface area contributed by atoms with Crippen LogP contribution in [0.5, 0.6) is 5.75 Å². The number of hydrogen-bond donors (Lipinski definition) is 2. The summed E-state index contributed by atoms with van der Waals surface area (Å²) in [6.45, 7) is 4.82. The molecule has 0 radical (unpaired) electrons. The minimum Gasteiger partial charge on any atom is -0.491 e. The van der Waals surface area contributed by atoms with E-state index in [2.05, 4.69) is 18.3 Å². The lowest BCUT2D eigenvalue weighted by Crippen LogP contribution is -2.32. The van der Waals surface area contributed by atoms with Crippen LogP contribution in [0.3, 0.4) is 0 Å². The van der Waals surface area contributed by atoms with Gasteiger partial charge >= 0.3 is 0 Å². The number of aliphatic hydroxyl groups excluding tert-OH is 1. The van der Waals surface area contributed by atoms with Gasteiger partial charge in [-0.3, -0.25) is 0 Å². The summed E-state index contributed by atoms with van der Waals surface area (Å²) in [5.74, 6) is 1.66. The fourth-order valence-electron chi connectivity index (χ4n) is 2.06. The van der Waals surface area contributed by atoms with Gasteiger partial charge in [0.05, 0.1) is 12.3 Å². The summed E-state index contributed by atoms with van der Waals surface area (Å²) >= 11 is 0. The highest BCUT2D eigenvalue weighted by atomic mass is 16.5. The lowest BCUT2D eigenvalue weighted by molar-refractivity contribution is 0.103. The molecule has 0 aliphatic carbocycles. The van der Waals surface area contributed by atoms with E-state index in [0.29, 0.717) is 6.54 Å². The van der Waals surface area contributed by atoms with Gasteiger partial charge in [0.1, 0.15) is 24.2 Å². The average Bonchev–Trinajstić information content (AvgIpc) is 3.05. The molecule has 0 saturated carbocycles. The Labute approximate surface area is 125 Å². The topological polar surface area (TPSA) is 54.6 Å². The van der Waals surface area contributed by atoms with Crippen molar-refractivity contribution in [2.24, 2.45) is 0 Å². The zero-order valence-electron chi connectivity index (χ0n) is 12.6. The van der Waals surface area contributed by atoms with Crippen LogP contribution in [0.1, 0.15) is 31.2 Å². The standard InChI is InChI=1S/C17H23NO3/c1-3-14-6-4-7-16(10-14)21-12-15(19)11-18-13(2)17-8-5-9-20-17/h4-10,13,15,18-19H,3,11-12H2,1-2H3. The SMILES string of the molecule is CCc1cccc(OCC(O)CNC(C)c2ccco2)c1. The zero-order valence-corrected chi connectivity index (χ0v) is 12.6. The summed E-state index contributed by atoms with van der Waals surface area (Å²) < 4.78 is 10.9. The molecule has 2 N–H and O–H groups in total. The van der Waals surface area contributed by atoms with E-state index in [4.69, 9.17) is 9.15 Å². The van der Waals surface area contributed by atoms with Crippen LogP contribution < -0.4 is 10.1 Å². The number of ether oxygens (including phenoxy) is 1. The summed E-state index contributed by atoms with van der Waals surface area (Å²) in [5, 5.41) is 13.2. The van der Waals surface area contributed by atoms with Crippen molar-refractivity contribution in [2.45, 2.75) is 32.4 Å². The molecule has 0 aliphatic heterocycles. The smallest absolute Gasteiger partial charge is 0.120 e. The molecule has 0 saturated heterocycles. The summed E-state index contributed by atoms with van der Waals surface area (Å²) in [7, 11) is 0. The van der Waals surface area contributed by atoms with Gasteiger partial charge in [0.2, 0.25) is 0 Å². The molecule has 1 aromatic heterocycles. The Morgan fingerprint density at radius 2 is 2.14 bits per heavy atom. The molecule has 2 aromatic rings. The van der Waals surface area contributed by atoms with E-state index in [1.54, 1.807) is 6.26 Å². The van der Waals surface area contributed by atoms with E-state index >= 15 is 0 Å². The second-order valence-electron chi connectivity index (χ2n) is 5.11. The summed E-state index contributed by atoms with van der Waals surface area (Å²) in [5.41, 5.74) is 1.23. The number of aliphatic hydroxyl groups is 1. The summed E-state index contributed by atoms with van der Waals surface area (Å²) in [6.07, 6.45) is 2.06. The molecule has 0 bridgehead atoms. The highest BCUT2D eigenvalue weighted by Crippen LogP contribution is 2.14. The highest BCUT2D eigenvalue weighted by Gasteiger charge is 2.11. The van der Waals surface area contributed by atoms with E-state index < -0.39 is 6.10 Å².